The van der Waals surface area contributed by atoms with E-state index in [4.69, 9.17) is 9.40 Å². The molecule has 0 N–H and O–H groups in total. The van der Waals surface area contributed by atoms with E-state index in [1.54, 1.807) is 0 Å². The number of para-hydroxylation sites is 1. The molecule has 2 heterocycles. The summed E-state index contributed by atoms with van der Waals surface area (Å²) in [6, 6.07) is 30.8. The van der Waals surface area contributed by atoms with Crippen LogP contribution in [0.5, 0.6) is 0 Å². The molecule has 6 aromatic rings. The first-order chi connectivity index (χ1) is 16.5. The summed E-state index contributed by atoms with van der Waals surface area (Å²) in [7, 11) is 0. The van der Waals surface area contributed by atoms with Gasteiger partial charge in [0.05, 0.1) is 5.82 Å². The van der Waals surface area contributed by atoms with Gasteiger partial charge >= 0.3 is 0 Å². The summed E-state index contributed by atoms with van der Waals surface area (Å²) < 4.78 is 8.81. The van der Waals surface area contributed by atoms with E-state index in [0.717, 1.165) is 33.3 Å². The second-order valence-corrected chi connectivity index (χ2v) is 9.56. The monoisotopic (exact) mass is 636 g/mol. The van der Waals surface area contributed by atoms with Crippen LogP contribution in [0.2, 0.25) is 0 Å². The minimum atomic E-state index is 0. The topological polar surface area (TPSA) is 31.0 Å². The van der Waals surface area contributed by atoms with Crippen molar-refractivity contribution >= 4 is 33.0 Å². The van der Waals surface area contributed by atoms with Crippen LogP contribution in [0.25, 0.3) is 50.0 Å². The molecule has 3 nitrogen and oxygen atoms in total. The molecule has 0 amide bonds. The van der Waals surface area contributed by atoms with E-state index >= 15 is 0 Å². The number of nitrogens with zero attached hydrogens (tertiary/aromatic N) is 2. The van der Waals surface area contributed by atoms with E-state index in [1.807, 2.05) is 18.2 Å². The van der Waals surface area contributed by atoms with E-state index in [0.29, 0.717) is 17.5 Å². The third-order valence-electron chi connectivity index (χ3n) is 6.69. The molecule has 0 aliphatic carbocycles. The Balaban J connectivity index is 0.00000253. The van der Waals surface area contributed by atoms with E-state index in [2.05, 4.69) is 99.0 Å². The predicted octanol–water partition coefficient (Wildman–Crippen LogP) is 8.64. The Bertz CT molecular complexity index is 1630. The maximum Gasteiger partial charge on any atom is 0.236 e. The average Bonchev–Trinajstić information content (AvgIpc) is 3.40. The fourth-order valence-corrected chi connectivity index (χ4v) is 5.04. The predicted molar refractivity (Wildman–Crippen MR) is 141 cm³/mol. The second-order valence-electron chi connectivity index (χ2n) is 9.56. The first-order valence-electron chi connectivity index (χ1n) is 12.0. The number of fused-ring (bicyclic) bond motifs is 5. The first kappa shape index (κ1) is 23.5. The Morgan fingerprint density at radius 3 is 2.17 bits per heavy atom. The van der Waals surface area contributed by atoms with Crippen LogP contribution in [-0.4, -0.2) is 9.55 Å². The van der Waals surface area contributed by atoms with E-state index in [1.165, 1.54) is 22.2 Å². The summed E-state index contributed by atoms with van der Waals surface area (Å²) in [6.45, 7) is 9.03. The van der Waals surface area contributed by atoms with Gasteiger partial charge in [0.2, 0.25) is 5.71 Å². The van der Waals surface area contributed by atoms with Crippen LogP contribution in [-0.2, 0) is 20.1 Å². The second kappa shape index (κ2) is 9.11. The zero-order valence-corrected chi connectivity index (χ0v) is 22.7. The molecule has 0 saturated heterocycles. The summed E-state index contributed by atoms with van der Waals surface area (Å²) >= 11 is 0. The van der Waals surface area contributed by atoms with Gasteiger partial charge in [-0.25, -0.2) is 4.98 Å². The molecule has 35 heavy (non-hydrogen) atoms. The smallest absolute Gasteiger partial charge is 0.236 e. The number of imidazole rings is 1. The summed E-state index contributed by atoms with van der Waals surface area (Å²) in [5.74, 6) is 1.58. The van der Waals surface area contributed by atoms with Gasteiger partial charge in [-0.05, 0) is 34.4 Å². The quantitative estimate of drug-likeness (QED) is 0.182. The van der Waals surface area contributed by atoms with E-state index in [-0.39, 0.29) is 20.1 Å². The summed E-state index contributed by atoms with van der Waals surface area (Å²) in [6.07, 6.45) is 0. The SMILES string of the molecule is CC(C)c1cccc(C(C)C)c1-n1c(-c2[c-]cccc2)nc2oc3c4ccccc4ccc3c21.[Ir]. The van der Waals surface area contributed by atoms with Gasteiger partial charge in [-0.1, -0.05) is 76.2 Å². The fraction of sp³-hybridized carbons (Fsp3) is 0.194. The van der Waals surface area contributed by atoms with Crippen molar-refractivity contribution in [3.05, 3.63) is 96.1 Å². The van der Waals surface area contributed by atoms with Gasteiger partial charge in [0.25, 0.3) is 0 Å². The largest absolute Gasteiger partial charge is 0.436 e. The minimum absolute atomic E-state index is 0. The zero-order valence-electron chi connectivity index (χ0n) is 20.3. The molecule has 0 aliphatic heterocycles. The number of hydrogen-bond acceptors (Lipinski definition) is 2. The average molecular weight is 636 g/mol. The van der Waals surface area contributed by atoms with Crippen LogP contribution in [0.3, 0.4) is 0 Å². The molecule has 0 unspecified atom stereocenters. The van der Waals surface area contributed by atoms with Crippen LogP contribution in [0, 0.1) is 6.07 Å². The van der Waals surface area contributed by atoms with Crippen LogP contribution < -0.4 is 0 Å². The number of furan rings is 1. The van der Waals surface area contributed by atoms with Gasteiger partial charge < -0.3 is 8.98 Å². The fourth-order valence-electron chi connectivity index (χ4n) is 5.04. The van der Waals surface area contributed by atoms with Crippen molar-refractivity contribution in [3.8, 4) is 17.1 Å². The molecule has 0 aliphatic rings. The van der Waals surface area contributed by atoms with Crippen LogP contribution in [0.1, 0.15) is 50.7 Å². The van der Waals surface area contributed by atoms with Crippen molar-refractivity contribution in [1.82, 2.24) is 9.55 Å². The number of rotatable bonds is 4. The van der Waals surface area contributed by atoms with Crippen molar-refractivity contribution in [3.63, 3.8) is 0 Å². The van der Waals surface area contributed by atoms with Gasteiger partial charge in [0.1, 0.15) is 11.1 Å². The zero-order chi connectivity index (χ0) is 23.4. The van der Waals surface area contributed by atoms with Crippen LogP contribution in [0.15, 0.2) is 83.3 Å². The number of aromatic nitrogens is 2. The van der Waals surface area contributed by atoms with E-state index < -0.39 is 0 Å². The Kier molecular flexibility index (Phi) is 6.12. The molecule has 177 valence electrons. The Hall–Kier alpha value is -3.20. The molecule has 0 bridgehead atoms. The van der Waals surface area contributed by atoms with Gasteiger partial charge in [0, 0.05) is 36.6 Å². The van der Waals surface area contributed by atoms with Crippen molar-refractivity contribution < 1.29 is 24.5 Å². The van der Waals surface area contributed by atoms with E-state index in [9.17, 15) is 0 Å². The molecule has 2 aromatic heterocycles. The standard InChI is InChI=1S/C31H27N2O.Ir/c1-19(2)23-15-10-16-24(20(3)4)27(23)33-28-26-18-17-21-11-8-9-14-25(21)29(26)34-31(28)32-30(33)22-12-6-5-7-13-22;/h5-12,14-20H,1-4H3;/q-1;. The molecule has 0 saturated carbocycles. The molecular weight excluding hydrogens is 609 g/mol. The van der Waals surface area contributed by atoms with Gasteiger partial charge in [-0.3, -0.25) is 0 Å². The van der Waals surface area contributed by atoms with Gasteiger partial charge in [-0.2, -0.15) is 0 Å². The number of hydrogen-bond donors (Lipinski definition) is 0. The van der Waals surface area contributed by atoms with Crippen LogP contribution in [0.4, 0.5) is 0 Å². The van der Waals surface area contributed by atoms with Gasteiger partial charge in [-0.15, -0.1) is 35.9 Å². The number of benzene rings is 4. The Morgan fingerprint density at radius 2 is 1.49 bits per heavy atom. The molecule has 0 spiro atoms. The molecule has 4 aromatic carbocycles. The molecule has 6 rings (SSSR count). The normalized spacial score (nSPS) is 11.7. The Labute approximate surface area is 219 Å². The molecule has 1 radical (unpaired) electrons. The summed E-state index contributed by atoms with van der Waals surface area (Å²) in [4.78, 5) is 5.07. The van der Waals surface area contributed by atoms with Crippen molar-refractivity contribution in [2.45, 2.75) is 39.5 Å². The summed E-state index contributed by atoms with van der Waals surface area (Å²) in [5, 5.41) is 3.36. The van der Waals surface area contributed by atoms with Crippen molar-refractivity contribution in [2.75, 3.05) is 0 Å². The third-order valence-corrected chi connectivity index (χ3v) is 6.69. The minimum Gasteiger partial charge on any atom is -0.436 e. The van der Waals surface area contributed by atoms with Crippen molar-refractivity contribution in [2.24, 2.45) is 0 Å². The first-order valence-corrected chi connectivity index (χ1v) is 12.0. The maximum atomic E-state index is 6.48. The maximum absolute atomic E-state index is 6.48. The van der Waals surface area contributed by atoms with Crippen molar-refractivity contribution in [1.29, 1.82) is 0 Å². The summed E-state index contributed by atoms with van der Waals surface area (Å²) in [5.41, 5.74) is 7.33. The molecule has 4 heteroatoms. The third kappa shape index (κ3) is 3.73. The van der Waals surface area contributed by atoms with Gasteiger partial charge in [0.15, 0.2) is 0 Å². The molecule has 0 fully saturated rings. The molecular formula is C31H27IrN2O-. The van der Waals surface area contributed by atoms with Crippen LogP contribution >= 0.6 is 0 Å². The Morgan fingerprint density at radius 1 is 0.771 bits per heavy atom. The molecule has 0 atom stereocenters.